The van der Waals surface area contributed by atoms with Crippen LogP contribution in [-0.4, -0.2) is 44.9 Å². The first-order chi connectivity index (χ1) is 10.4. The van der Waals surface area contributed by atoms with Crippen LogP contribution in [0.4, 0.5) is 23.7 Å². The average molecular weight is 320 g/mol. The van der Waals surface area contributed by atoms with Gasteiger partial charge in [-0.2, -0.15) is 0 Å². The van der Waals surface area contributed by atoms with E-state index in [0.717, 1.165) is 6.07 Å². The molecule has 122 valence electrons. The maximum atomic E-state index is 12.3. The van der Waals surface area contributed by atoms with Crippen molar-refractivity contribution < 1.29 is 32.2 Å². The number of alkyl halides is 3. The molecule has 2 rings (SSSR count). The van der Waals surface area contributed by atoms with Crippen LogP contribution in [0.2, 0.25) is 0 Å². The van der Waals surface area contributed by atoms with Gasteiger partial charge in [0, 0.05) is 6.54 Å². The van der Waals surface area contributed by atoms with Gasteiger partial charge in [-0.1, -0.05) is 12.1 Å². The van der Waals surface area contributed by atoms with Crippen molar-refractivity contribution in [2.75, 3.05) is 31.7 Å². The largest absolute Gasteiger partial charge is 0.573 e. The van der Waals surface area contributed by atoms with E-state index in [9.17, 15) is 18.0 Å². The first kappa shape index (κ1) is 16.4. The molecule has 1 atom stereocenters. The fraction of sp³-hybridized carbons (Fsp3) is 0.462. The highest BCUT2D eigenvalue weighted by molar-refractivity contribution is 5.90. The lowest BCUT2D eigenvalue weighted by Crippen LogP contribution is -2.41. The minimum atomic E-state index is -4.83. The number of rotatable bonds is 4. The molecule has 0 unspecified atom stereocenters. The molecule has 1 aliphatic heterocycles. The summed E-state index contributed by atoms with van der Waals surface area (Å²) in [5.74, 6) is -0.484. The zero-order valence-corrected chi connectivity index (χ0v) is 11.5. The second kappa shape index (κ2) is 7.32. The number of hydrogen-bond acceptors (Lipinski definition) is 4. The number of carbonyl (C=O) groups excluding carboxylic acids is 1. The van der Waals surface area contributed by atoms with Crippen LogP contribution < -0.4 is 15.4 Å². The normalized spacial score (nSPS) is 18.6. The summed E-state index contributed by atoms with van der Waals surface area (Å²) in [7, 11) is 0. The van der Waals surface area contributed by atoms with Gasteiger partial charge in [-0.15, -0.1) is 13.2 Å². The second-order valence-electron chi connectivity index (χ2n) is 4.45. The Labute approximate surface area is 124 Å². The van der Waals surface area contributed by atoms with Gasteiger partial charge in [0.2, 0.25) is 0 Å². The van der Waals surface area contributed by atoms with E-state index in [1.165, 1.54) is 18.2 Å². The smallest absolute Gasteiger partial charge is 0.404 e. The third-order valence-electron chi connectivity index (χ3n) is 2.74. The van der Waals surface area contributed by atoms with Gasteiger partial charge in [-0.25, -0.2) is 4.79 Å². The molecule has 9 heteroatoms. The van der Waals surface area contributed by atoms with Gasteiger partial charge in [-0.05, 0) is 12.1 Å². The van der Waals surface area contributed by atoms with Crippen LogP contribution in [0.15, 0.2) is 24.3 Å². The summed E-state index contributed by atoms with van der Waals surface area (Å²) >= 11 is 0. The Morgan fingerprint density at radius 1 is 1.32 bits per heavy atom. The summed E-state index contributed by atoms with van der Waals surface area (Å²) in [6.07, 6.45) is -5.11. The second-order valence-corrected chi connectivity index (χ2v) is 4.45. The maximum Gasteiger partial charge on any atom is 0.573 e. The maximum absolute atomic E-state index is 12.3. The van der Waals surface area contributed by atoms with Gasteiger partial charge in [0.1, 0.15) is 0 Å². The molecule has 0 aromatic heterocycles. The van der Waals surface area contributed by atoms with E-state index in [1.807, 2.05) is 0 Å². The molecule has 1 aromatic carbocycles. The topological polar surface area (TPSA) is 68.8 Å². The lowest BCUT2D eigenvalue weighted by atomic mass is 10.3. The van der Waals surface area contributed by atoms with E-state index in [2.05, 4.69) is 15.4 Å². The highest BCUT2D eigenvalue weighted by atomic mass is 19.4. The first-order valence-corrected chi connectivity index (χ1v) is 6.53. The van der Waals surface area contributed by atoms with Crippen molar-refractivity contribution in [2.24, 2.45) is 0 Å². The molecule has 22 heavy (non-hydrogen) atoms. The number of amides is 2. The van der Waals surface area contributed by atoms with Crippen molar-refractivity contribution >= 4 is 11.7 Å². The summed E-state index contributed by atoms with van der Waals surface area (Å²) < 4.78 is 51.1. The summed E-state index contributed by atoms with van der Waals surface area (Å²) in [4.78, 5) is 11.7. The molecule has 0 radical (unpaired) electrons. The van der Waals surface area contributed by atoms with Gasteiger partial charge in [0.25, 0.3) is 0 Å². The molecule has 1 aliphatic rings. The molecule has 2 amide bonds. The van der Waals surface area contributed by atoms with Gasteiger partial charge >= 0.3 is 12.4 Å². The molecule has 1 saturated heterocycles. The molecule has 2 N–H and O–H groups in total. The number of ether oxygens (including phenoxy) is 3. The molecule has 0 bridgehead atoms. The summed E-state index contributed by atoms with van der Waals surface area (Å²) in [6, 6.07) is 4.61. The zero-order valence-electron chi connectivity index (χ0n) is 11.5. The van der Waals surface area contributed by atoms with Crippen LogP contribution in [0.5, 0.6) is 5.75 Å². The number of carbonyl (C=O) groups is 1. The molecule has 0 spiro atoms. The number of urea groups is 1. The lowest BCUT2D eigenvalue weighted by Gasteiger charge is -2.23. The van der Waals surface area contributed by atoms with Crippen LogP contribution in [0.3, 0.4) is 0 Å². The van der Waals surface area contributed by atoms with Crippen molar-refractivity contribution in [3.05, 3.63) is 24.3 Å². The van der Waals surface area contributed by atoms with Crippen molar-refractivity contribution in [3.8, 4) is 5.75 Å². The van der Waals surface area contributed by atoms with E-state index in [-0.39, 0.29) is 18.3 Å². The fourth-order valence-corrected chi connectivity index (χ4v) is 1.81. The highest BCUT2D eigenvalue weighted by Crippen LogP contribution is 2.29. The van der Waals surface area contributed by atoms with Crippen LogP contribution >= 0.6 is 0 Å². The Morgan fingerprint density at radius 2 is 2.09 bits per heavy atom. The molecule has 0 aliphatic carbocycles. The molecular formula is C13H15F3N2O4. The number of para-hydroxylation sites is 2. The number of benzene rings is 1. The minimum Gasteiger partial charge on any atom is -0.404 e. The number of halogens is 3. The Balaban J connectivity index is 1.88. The van der Waals surface area contributed by atoms with E-state index in [4.69, 9.17) is 9.47 Å². The van der Waals surface area contributed by atoms with Crippen LogP contribution in [0.25, 0.3) is 0 Å². The quantitative estimate of drug-likeness (QED) is 0.892. The van der Waals surface area contributed by atoms with Crippen LogP contribution in [-0.2, 0) is 9.47 Å². The monoisotopic (exact) mass is 320 g/mol. The van der Waals surface area contributed by atoms with Crippen LogP contribution in [0.1, 0.15) is 0 Å². The minimum absolute atomic E-state index is 0.0851. The standard InChI is InChI=1S/C13H15F3N2O4/c14-13(15,16)22-11-4-2-1-3-10(11)18-12(19)17-7-9-8-20-5-6-21-9/h1-4,9H,5-8H2,(H2,17,18,19)/t9-/m0/s1. The fourth-order valence-electron chi connectivity index (χ4n) is 1.81. The Morgan fingerprint density at radius 3 is 2.77 bits per heavy atom. The van der Waals surface area contributed by atoms with Gasteiger partial charge < -0.3 is 24.8 Å². The highest BCUT2D eigenvalue weighted by Gasteiger charge is 2.32. The molecule has 6 nitrogen and oxygen atoms in total. The van der Waals surface area contributed by atoms with Gasteiger partial charge in [0.05, 0.1) is 31.6 Å². The summed E-state index contributed by atoms with van der Waals surface area (Å²) in [6.45, 7) is 1.49. The third kappa shape index (κ3) is 5.41. The van der Waals surface area contributed by atoms with Crippen molar-refractivity contribution in [1.82, 2.24) is 5.32 Å². The average Bonchev–Trinajstić information content (AvgIpc) is 2.47. The SMILES string of the molecule is O=C(NC[C@H]1COCCO1)Nc1ccccc1OC(F)(F)F. The van der Waals surface area contributed by atoms with Gasteiger partial charge in [-0.3, -0.25) is 0 Å². The summed E-state index contributed by atoms with van der Waals surface area (Å²) in [5, 5.41) is 4.80. The van der Waals surface area contributed by atoms with Crippen molar-refractivity contribution in [3.63, 3.8) is 0 Å². The molecule has 1 heterocycles. The predicted molar refractivity (Wildman–Crippen MR) is 70.7 cm³/mol. The lowest BCUT2D eigenvalue weighted by molar-refractivity contribution is -0.274. The Bertz CT molecular complexity index is 504. The van der Waals surface area contributed by atoms with E-state index in [0.29, 0.717) is 19.8 Å². The predicted octanol–water partition coefficient (Wildman–Crippen LogP) is 2.12. The van der Waals surface area contributed by atoms with Gasteiger partial charge in [0.15, 0.2) is 5.75 Å². The number of anilines is 1. The molecule has 0 saturated carbocycles. The van der Waals surface area contributed by atoms with Crippen molar-refractivity contribution in [1.29, 1.82) is 0 Å². The molecular weight excluding hydrogens is 305 g/mol. The number of hydrogen-bond donors (Lipinski definition) is 2. The summed E-state index contributed by atoms with van der Waals surface area (Å²) in [5.41, 5.74) is -0.0851. The third-order valence-corrected chi connectivity index (χ3v) is 2.74. The number of nitrogens with one attached hydrogen (secondary N) is 2. The van der Waals surface area contributed by atoms with E-state index < -0.39 is 18.1 Å². The zero-order chi connectivity index (χ0) is 16.0. The van der Waals surface area contributed by atoms with E-state index in [1.54, 1.807) is 0 Å². The Hall–Kier alpha value is -2.00. The molecule has 1 aromatic rings. The van der Waals surface area contributed by atoms with Crippen LogP contribution in [0, 0.1) is 0 Å². The Kier molecular flexibility index (Phi) is 5.45. The van der Waals surface area contributed by atoms with E-state index >= 15 is 0 Å². The first-order valence-electron chi connectivity index (χ1n) is 6.53. The molecule has 1 fully saturated rings. The van der Waals surface area contributed by atoms with Crippen molar-refractivity contribution in [2.45, 2.75) is 12.5 Å².